The molecule has 0 aliphatic carbocycles. The van der Waals surface area contributed by atoms with Gasteiger partial charge in [0, 0.05) is 18.9 Å². The quantitative estimate of drug-likeness (QED) is 0.637. The van der Waals surface area contributed by atoms with Crippen molar-refractivity contribution >= 4 is 11.6 Å². The molecule has 0 radical (unpaired) electrons. The summed E-state index contributed by atoms with van der Waals surface area (Å²) in [5.41, 5.74) is 1.24. The van der Waals surface area contributed by atoms with E-state index in [1.54, 1.807) is 32.4 Å². The normalized spacial score (nSPS) is 10.4. The average Bonchev–Trinajstić information content (AvgIpc) is 3.21. The largest absolute Gasteiger partial charge is 0.497 e. The maximum atomic E-state index is 12.3. The predicted octanol–water partition coefficient (Wildman–Crippen LogP) is 3.33. The van der Waals surface area contributed by atoms with Crippen molar-refractivity contribution < 1.29 is 23.4 Å². The maximum absolute atomic E-state index is 12.3. The molecule has 1 amide bonds. The zero-order valence-electron chi connectivity index (χ0n) is 15.9. The first kappa shape index (κ1) is 19.2. The number of carbonyl (C=O) groups is 1. The molecule has 0 spiro atoms. The molecule has 2 aromatic carbocycles. The van der Waals surface area contributed by atoms with Gasteiger partial charge in [0.2, 0.25) is 11.8 Å². The topological polar surface area (TPSA) is 95.7 Å². The monoisotopic (exact) mass is 383 g/mol. The highest BCUT2D eigenvalue weighted by atomic mass is 16.5. The highest BCUT2D eigenvalue weighted by Crippen LogP contribution is 2.30. The molecule has 0 saturated heterocycles. The van der Waals surface area contributed by atoms with Crippen LogP contribution in [0.1, 0.15) is 12.3 Å². The molecule has 0 unspecified atom stereocenters. The Balaban J connectivity index is 1.64. The second-order valence-corrected chi connectivity index (χ2v) is 5.82. The van der Waals surface area contributed by atoms with Gasteiger partial charge in [-0.15, -0.1) is 10.2 Å². The number of amides is 1. The third kappa shape index (κ3) is 4.40. The summed E-state index contributed by atoms with van der Waals surface area (Å²) < 4.78 is 21.4. The molecule has 3 rings (SSSR count). The van der Waals surface area contributed by atoms with Gasteiger partial charge in [-0.3, -0.25) is 4.79 Å². The SMILES string of the molecule is COc1ccc(OC)c(NC(=O)CCc2nnc(-c3ccccc3OC)o2)c1. The van der Waals surface area contributed by atoms with Crippen molar-refractivity contribution in [1.29, 1.82) is 0 Å². The van der Waals surface area contributed by atoms with Gasteiger partial charge < -0.3 is 23.9 Å². The molecular formula is C20H21N3O5. The second-order valence-electron chi connectivity index (χ2n) is 5.82. The zero-order valence-corrected chi connectivity index (χ0v) is 15.9. The number of nitrogens with one attached hydrogen (secondary N) is 1. The number of rotatable bonds is 8. The van der Waals surface area contributed by atoms with E-state index < -0.39 is 0 Å². The van der Waals surface area contributed by atoms with E-state index in [0.29, 0.717) is 46.7 Å². The van der Waals surface area contributed by atoms with Crippen molar-refractivity contribution in [2.45, 2.75) is 12.8 Å². The van der Waals surface area contributed by atoms with Gasteiger partial charge in [0.15, 0.2) is 0 Å². The van der Waals surface area contributed by atoms with E-state index in [1.165, 1.54) is 7.11 Å². The molecule has 3 aromatic rings. The van der Waals surface area contributed by atoms with E-state index in [4.69, 9.17) is 18.6 Å². The van der Waals surface area contributed by atoms with E-state index >= 15 is 0 Å². The Bertz CT molecular complexity index is 955. The van der Waals surface area contributed by atoms with Crippen LogP contribution in [0.2, 0.25) is 0 Å². The molecule has 1 N–H and O–H groups in total. The predicted molar refractivity (Wildman–Crippen MR) is 103 cm³/mol. The van der Waals surface area contributed by atoms with Crippen LogP contribution in [-0.2, 0) is 11.2 Å². The molecule has 0 aliphatic rings. The van der Waals surface area contributed by atoms with Gasteiger partial charge in [-0.25, -0.2) is 0 Å². The Hall–Kier alpha value is -3.55. The summed E-state index contributed by atoms with van der Waals surface area (Å²) in [6.07, 6.45) is 0.480. The molecule has 28 heavy (non-hydrogen) atoms. The molecule has 0 fully saturated rings. The van der Waals surface area contributed by atoms with Crippen LogP contribution < -0.4 is 19.5 Å². The summed E-state index contributed by atoms with van der Waals surface area (Å²) in [7, 11) is 4.67. The molecule has 0 aliphatic heterocycles. The van der Waals surface area contributed by atoms with Gasteiger partial charge in [0.25, 0.3) is 5.89 Å². The van der Waals surface area contributed by atoms with Gasteiger partial charge in [-0.2, -0.15) is 0 Å². The molecule has 8 nitrogen and oxygen atoms in total. The van der Waals surface area contributed by atoms with Crippen LogP contribution >= 0.6 is 0 Å². The van der Waals surface area contributed by atoms with Crippen molar-refractivity contribution in [3.8, 4) is 28.7 Å². The minimum absolute atomic E-state index is 0.175. The maximum Gasteiger partial charge on any atom is 0.251 e. The number of methoxy groups -OCH3 is 3. The standard InChI is InChI=1S/C20H21N3O5/c1-25-13-8-9-17(27-3)15(12-13)21-18(24)10-11-19-22-23-20(28-19)14-6-4-5-7-16(14)26-2/h4-9,12H,10-11H2,1-3H3,(H,21,24). The molecule has 0 atom stereocenters. The molecular weight excluding hydrogens is 362 g/mol. The Labute approximate surface area is 162 Å². The summed E-state index contributed by atoms with van der Waals surface area (Å²) in [6.45, 7) is 0. The van der Waals surface area contributed by atoms with E-state index in [9.17, 15) is 4.79 Å². The third-order valence-electron chi connectivity index (χ3n) is 4.05. The summed E-state index contributed by atoms with van der Waals surface area (Å²) >= 11 is 0. The Morgan fingerprint density at radius 1 is 1.00 bits per heavy atom. The first-order valence-electron chi connectivity index (χ1n) is 8.62. The summed E-state index contributed by atoms with van der Waals surface area (Å²) in [5.74, 6) is 2.32. The first-order chi connectivity index (χ1) is 13.6. The van der Waals surface area contributed by atoms with Crippen molar-refractivity contribution in [2.75, 3.05) is 26.6 Å². The highest BCUT2D eigenvalue weighted by Gasteiger charge is 2.15. The zero-order chi connectivity index (χ0) is 19.9. The second kappa shape index (κ2) is 8.90. The Kier molecular flexibility index (Phi) is 6.11. The van der Waals surface area contributed by atoms with Gasteiger partial charge in [0.1, 0.15) is 17.2 Å². The number of aromatic nitrogens is 2. The summed E-state index contributed by atoms with van der Waals surface area (Å²) in [5, 5.41) is 10.9. The third-order valence-corrected chi connectivity index (χ3v) is 4.05. The number of ether oxygens (including phenoxy) is 3. The minimum Gasteiger partial charge on any atom is -0.497 e. The molecule has 8 heteroatoms. The van der Waals surface area contributed by atoms with Crippen LogP contribution in [0.25, 0.3) is 11.5 Å². The summed E-state index contributed by atoms with van der Waals surface area (Å²) in [4.78, 5) is 12.3. The Morgan fingerprint density at radius 3 is 2.54 bits per heavy atom. The minimum atomic E-state index is -0.205. The molecule has 0 saturated carbocycles. The van der Waals surface area contributed by atoms with Gasteiger partial charge in [-0.1, -0.05) is 12.1 Å². The Morgan fingerprint density at radius 2 is 1.79 bits per heavy atom. The fourth-order valence-corrected chi connectivity index (χ4v) is 2.63. The smallest absolute Gasteiger partial charge is 0.251 e. The fraction of sp³-hybridized carbons (Fsp3) is 0.250. The molecule has 1 heterocycles. The van der Waals surface area contributed by atoms with E-state index in [2.05, 4.69) is 15.5 Å². The van der Waals surface area contributed by atoms with Crippen molar-refractivity contribution in [1.82, 2.24) is 10.2 Å². The highest BCUT2D eigenvalue weighted by molar-refractivity contribution is 5.92. The number of hydrogen-bond donors (Lipinski definition) is 1. The molecule has 0 bridgehead atoms. The molecule has 146 valence electrons. The number of benzene rings is 2. The first-order valence-corrected chi connectivity index (χ1v) is 8.62. The van der Waals surface area contributed by atoms with Crippen molar-refractivity contribution in [3.63, 3.8) is 0 Å². The summed E-state index contributed by atoms with van der Waals surface area (Å²) in [6, 6.07) is 12.5. The number of para-hydroxylation sites is 1. The van der Waals surface area contributed by atoms with E-state index in [1.807, 2.05) is 24.3 Å². The molecule has 1 aromatic heterocycles. The van der Waals surface area contributed by atoms with E-state index in [0.717, 1.165) is 0 Å². The van der Waals surface area contributed by atoms with Crippen LogP contribution in [0.4, 0.5) is 5.69 Å². The van der Waals surface area contributed by atoms with Crippen LogP contribution in [0.15, 0.2) is 46.9 Å². The average molecular weight is 383 g/mol. The van der Waals surface area contributed by atoms with Crippen LogP contribution in [0.3, 0.4) is 0 Å². The number of aryl methyl sites for hydroxylation is 1. The number of nitrogens with zero attached hydrogens (tertiary/aromatic N) is 2. The fourth-order valence-electron chi connectivity index (χ4n) is 2.63. The lowest BCUT2D eigenvalue weighted by atomic mass is 10.2. The lowest BCUT2D eigenvalue weighted by Crippen LogP contribution is -2.13. The van der Waals surface area contributed by atoms with Crippen molar-refractivity contribution in [2.24, 2.45) is 0 Å². The number of carbonyl (C=O) groups excluding carboxylic acids is 1. The van der Waals surface area contributed by atoms with Crippen molar-refractivity contribution in [3.05, 3.63) is 48.4 Å². The van der Waals surface area contributed by atoms with Gasteiger partial charge >= 0.3 is 0 Å². The van der Waals surface area contributed by atoms with E-state index in [-0.39, 0.29) is 12.3 Å². The lowest BCUT2D eigenvalue weighted by molar-refractivity contribution is -0.116. The van der Waals surface area contributed by atoms with Crippen LogP contribution in [-0.4, -0.2) is 37.4 Å². The number of anilines is 1. The van der Waals surface area contributed by atoms with Crippen LogP contribution in [0.5, 0.6) is 17.2 Å². The van der Waals surface area contributed by atoms with Gasteiger partial charge in [-0.05, 0) is 24.3 Å². The van der Waals surface area contributed by atoms with Gasteiger partial charge in [0.05, 0.1) is 32.6 Å². The van der Waals surface area contributed by atoms with Crippen LogP contribution in [0, 0.1) is 0 Å². The number of hydrogen-bond acceptors (Lipinski definition) is 7. The lowest BCUT2D eigenvalue weighted by Gasteiger charge is -2.11.